The lowest BCUT2D eigenvalue weighted by molar-refractivity contribution is 0.208. The lowest BCUT2D eigenvalue weighted by Crippen LogP contribution is -2.39. The van der Waals surface area contributed by atoms with Gasteiger partial charge in [0.25, 0.3) is 0 Å². The molecule has 3 fully saturated rings. The largest absolute Gasteiger partial charge is 0.396 e. The molecule has 0 saturated carbocycles. The molecule has 144 valence electrons. The van der Waals surface area contributed by atoms with E-state index in [2.05, 4.69) is 30.7 Å². The van der Waals surface area contributed by atoms with Crippen molar-refractivity contribution in [1.29, 1.82) is 0 Å². The molecule has 3 aliphatic rings. The fourth-order valence-corrected chi connectivity index (χ4v) is 4.78. The van der Waals surface area contributed by atoms with Gasteiger partial charge in [-0.05, 0) is 63.5 Å². The van der Waals surface area contributed by atoms with Crippen LogP contribution < -0.4 is 9.80 Å². The third-order valence-electron chi connectivity index (χ3n) is 6.39. The van der Waals surface area contributed by atoms with Gasteiger partial charge in [-0.15, -0.1) is 0 Å². The van der Waals surface area contributed by atoms with Gasteiger partial charge < -0.3 is 19.8 Å². The van der Waals surface area contributed by atoms with Crippen molar-refractivity contribution in [2.45, 2.75) is 38.5 Å². The number of nitrogens with zero attached hydrogens (tertiary/aromatic N) is 5. The number of hydrogen-bond acceptors (Lipinski definition) is 6. The first-order chi connectivity index (χ1) is 12.8. The fraction of sp³-hybridized carbons (Fsp3) is 0.800. The summed E-state index contributed by atoms with van der Waals surface area (Å²) in [6.45, 7) is 8.33. The van der Waals surface area contributed by atoms with E-state index in [1.165, 1.54) is 45.3 Å². The molecule has 4 rings (SSSR count). The number of aliphatic hydroxyl groups excluding tert-OH is 1. The fourth-order valence-electron chi connectivity index (χ4n) is 4.78. The number of rotatable bonds is 5. The topological polar surface area (TPSA) is 55.7 Å². The lowest BCUT2D eigenvalue weighted by atomic mass is 9.96. The zero-order valence-electron chi connectivity index (χ0n) is 15.9. The van der Waals surface area contributed by atoms with Crippen LogP contribution in [0.3, 0.4) is 0 Å². The number of aromatic nitrogens is 2. The van der Waals surface area contributed by atoms with Crippen molar-refractivity contribution < 1.29 is 5.11 Å². The molecule has 6 heteroatoms. The minimum Gasteiger partial charge on any atom is -0.396 e. The molecule has 0 bridgehead atoms. The molecule has 3 aliphatic heterocycles. The smallest absolute Gasteiger partial charge is 0.134 e. The molecule has 6 nitrogen and oxygen atoms in total. The van der Waals surface area contributed by atoms with Crippen molar-refractivity contribution in [2.75, 3.05) is 62.2 Å². The van der Waals surface area contributed by atoms with Crippen molar-refractivity contribution in [3.8, 4) is 0 Å². The van der Waals surface area contributed by atoms with Gasteiger partial charge >= 0.3 is 0 Å². The quantitative estimate of drug-likeness (QED) is 0.868. The summed E-state index contributed by atoms with van der Waals surface area (Å²) in [4.78, 5) is 16.5. The lowest BCUT2D eigenvalue weighted by Gasteiger charge is -2.36. The highest BCUT2D eigenvalue weighted by Gasteiger charge is 2.25. The molecule has 1 aromatic heterocycles. The van der Waals surface area contributed by atoms with Crippen molar-refractivity contribution in [3.05, 3.63) is 12.4 Å². The Kier molecular flexibility index (Phi) is 5.90. The van der Waals surface area contributed by atoms with Gasteiger partial charge in [0.05, 0.1) is 0 Å². The number of anilines is 2. The average Bonchev–Trinajstić information content (AvgIpc) is 3.22. The highest BCUT2D eigenvalue weighted by molar-refractivity contribution is 5.50. The molecule has 26 heavy (non-hydrogen) atoms. The zero-order chi connectivity index (χ0) is 17.8. The van der Waals surface area contributed by atoms with Gasteiger partial charge in [-0.1, -0.05) is 0 Å². The van der Waals surface area contributed by atoms with E-state index in [1.54, 1.807) is 6.33 Å². The first-order valence-corrected chi connectivity index (χ1v) is 10.5. The summed E-state index contributed by atoms with van der Waals surface area (Å²) in [6, 6.07) is 2.15. The Morgan fingerprint density at radius 1 is 0.846 bits per heavy atom. The Hall–Kier alpha value is -1.40. The Morgan fingerprint density at radius 3 is 2.31 bits per heavy atom. The van der Waals surface area contributed by atoms with Gasteiger partial charge in [-0.25, -0.2) is 9.97 Å². The molecule has 0 radical (unpaired) electrons. The number of aliphatic hydroxyl groups is 1. The van der Waals surface area contributed by atoms with E-state index in [-0.39, 0.29) is 6.61 Å². The maximum absolute atomic E-state index is 9.47. The van der Waals surface area contributed by atoms with Gasteiger partial charge in [0.15, 0.2) is 0 Å². The Balaban J connectivity index is 1.33. The molecule has 0 spiro atoms. The van der Waals surface area contributed by atoms with Gasteiger partial charge in [0, 0.05) is 45.4 Å². The van der Waals surface area contributed by atoms with Gasteiger partial charge in [0.2, 0.25) is 0 Å². The average molecular weight is 360 g/mol. The second-order valence-corrected chi connectivity index (χ2v) is 8.31. The minimum atomic E-state index is 0.277. The van der Waals surface area contributed by atoms with Crippen LogP contribution in [0.2, 0.25) is 0 Å². The second kappa shape index (κ2) is 8.53. The van der Waals surface area contributed by atoms with Crippen molar-refractivity contribution >= 4 is 11.6 Å². The minimum absolute atomic E-state index is 0.277. The van der Waals surface area contributed by atoms with Crippen LogP contribution in [0.25, 0.3) is 0 Å². The van der Waals surface area contributed by atoms with Crippen LogP contribution in [0.4, 0.5) is 11.6 Å². The number of likely N-dealkylation sites (tertiary alicyclic amines) is 1. The molecule has 0 aliphatic carbocycles. The molecular weight excluding hydrogens is 326 g/mol. The predicted molar refractivity (Wildman–Crippen MR) is 105 cm³/mol. The maximum atomic E-state index is 9.47. The van der Waals surface area contributed by atoms with E-state index < -0.39 is 0 Å². The van der Waals surface area contributed by atoms with E-state index in [9.17, 15) is 5.11 Å². The summed E-state index contributed by atoms with van der Waals surface area (Å²) in [7, 11) is 0. The SMILES string of the molecule is OCC1CCCN(c2cc(N3CCC(CN4CCCC4)CC3)ncn2)C1. The van der Waals surface area contributed by atoms with Crippen LogP contribution >= 0.6 is 0 Å². The third-order valence-corrected chi connectivity index (χ3v) is 6.39. The van der Waals surface area contributed by atoms with Crippen molar-refractivity contribution in [2.24, 2.45) is 11.8 Å². The van der Waals surface area contributed by atoms with Crippen molar-refractivity contribution in [1.82, 2.24) is 14.9 Å². The van der Waals surface area contributed by atoms with Gasteiger partial charge in [-0.3, -0.25) is 0 Å². The number of hydrogen-bond donors (Lipinski definition) is 1. The molecule has 1 unspecified atom stereocenters. The highest BCUT2D eigenvalue weighted by atomic mass is 16.3. The zero-order valence-corrected chi connectivity index (χ0v) is 15.9. The first-order valence-electron chi connectivity index (χ1n) is 10.5. The Morgan fingerprint density at radius 2 is 1.58 bits per heavy atom. The van der Waals surface area contributed by atoms with E-state index in [1.807, 2.05) is 0 Å². The van der Waals surface area contributed by atoms with Crippen LogP contribution in [0.1, 0.15) is 38.5 Å². The van der Waals surface area contributed by atoms with Gasteiger partial charge in [-0.2, -0.15) is 0 Å². The van der Waals surface area contributed by atoms with Crippen LogP contribution in [-0.2, 0) is 0 Å². The van der Waals surface area contributed by atoms with E-state index >= 15 is 0 Å². The summed E-state index contributed by atoms with van der Waals surface area (Å²) in [5.41, 5.74) is 0. The highest BCUT2D eigenvalue weighted by Crippen LogP contribution is 2.27. The van der Waals surface area contributed by atoms with Crippen LogP contribution in [-0.4, -0.2) is 72.4 Å². The summed E-state index contributed by atoms with van der Waals surface area (Å²) in [6.07, 6.45) is 9.27. The monoisotopic (exact) mass is 359 g/mol. The molecule has 0 aromatic carbocycles. The molecule has 0 amide bonds. The second-order valence-electron chi connectivity index (χ2n) is 8.31. The Labute approximate surface area is 157 Å². The van der Waals surface area contributed by atoms with Gasteiger partial charge in [0.1, 0.15) is 18.0 Å². The Bertz CT molecular complexity index is 569. The maximum Gasteiger partial charge on any atom is 0.134 e. The molecule has 4 heterocycles. The van der Waals surface area contributed by atoms with Crippen LogP contribution in [0.15, 0.2) is 12.4 Å². The molecule has 1 aromatic rings. The molecule has 1 N–H and O–H groups in total. The summed E-state index contributed by atoms with van der Waals surface area (Å²) >= 11 is 0. The van der Waals surface area contributed by atoms with E-state index in [0.717, 1.165) is 56.6 Å². The summed E-state index contributed by atoms with van der Waals surface area (Å²) in [5, 5.41) is 9.47. The standard InChI is InChI=1S/C20H33N5O/c26-15-18-4-3-9-25(14-18)20-12-19(21-16-22-20)24-10-5-17(6-11-24)13-23-7-1-2-8-23/h12,16-18,26H,1-11,13-15H2. The van der Waals surface area contributed by atoms with Crippen LogP contribution in [0.5, 0.6) is 0 Å². The first kappa shape index (κ1) is 18.0. The van der Waals surface area contributed by atoms with Crippen LogP contribution in [0, 0.1) is 11.8 Å². The normalized spacial score (nSPS) is 25.8. The number of piperidine rings is 2. The molecule has 1 atom stereocenters. The predicted octanol–water partition coefficient (Wildman–Crippen LogP) is 2.00. The summed E-state index contributed by atoms with van der Waals surface area (Å²) < 4.78 is 0. The van der Waals surface area contributed by atoms with E-state index in [4.69, 9.17) is 0 Å². The summed E-state index contributed by atoms with van der Waals surface area (Å²) in [5.74, 6) is 3.31. The molecular formula is C20H33N5O. The third kappa shape index (κ3) is 4.29. The van der Waals surface area contributed by atoms with E-state index in [0.29, 0.717) is 5.92 Å². The van der Waals surface area contributed by atoms with Crippen molar-refractivity contribution in [3.63, 3.8) is 0 Å². The molecule has 3 saturated heterocycles.